The van der Waals surface area contributed by atoms with Crippen molar-refractivity contribution in [2.24, 2.45) is 0 Å². The van der Waals surface area contributed by atoms with Crippen molar-refractivity contribution in [2.75, 3.05) is 13.1 Å². The molecular weight excluding hydrogens is 404 g/mol. The Kier molecular flexibility index (Phi) is 5.79. The standard InChI is InChI=1S/C18H24N2O4S3/c1-13-10-14(2)18(15(3)11-13)26(21,22)19-12-16-6-7-17(25-16)27(23,24)20-8-4-5-9-20/h6-7,10-11,19H,4-5,8-9,12H2,1-3H3. The second-order valence-corrected chi connectivity index (χ2v) is 11.9. The maximum absolute atomic E-state index is 12.7. The van der Waals surface area contributed by atoms with Crippen LogP contribution in [0.1, 0.15) is 34.4 Å². The molecule has 0 radical (unpaired) electrons. The third-order valence-electron chi connectivity index (χ3n) is 4.61. The summed E-state index contributed by atoms with van der Waals surface area (Å²) in [5, 5.41) is 0. The van der Waals surface area contributed by atoms with E-state index in [1.807, 2.05) is 19.1 Å². The van der Waals surface area contributed by atoms with Crippen molar-refractivity contribution in [2.45, 2.75) is 49.3 Å². The molecule has 0 atom stereocenters. The van der Waals surface area contributed by atoms with Gasteiger partial charge in [0.25, 0.3) is 10.0 Å². The summed E-state index contributed by atoms with van der Waals surface area (Å²) in [6, 6.07) is 6.91. The molecule has 1 aromatic heterocycles. The molecule has 1 aliphatic rings. The predicted molar refractivity (Wildman–Crippen MR) is 107 cm³/mol. The summed E-state index contributed by atoms with van der Waals surface area (Å²) in [5.74, 6) is 0. The summed E-state index contributed by atoms with van der Waals surface area (Å²) >= 11 is 1.12. The lowest BCUT2D eigenvalue weighted by Crippen LogP contribution is -2.27. The van der Waals surface area contributed by atoms with Gasteiger partial charge in [0.05, 0.1) is 4.90 Å². The molecule has 148 valence electrons. The molecule has 0 unspecified atom stereocenters. The summed E-state index contributed by atoms with van der Waals surface area (Å²) in [4.78, 5) is 0.952. The average molecular weight is 429 g/mol. The molecule has 1 aromatic carbocycles. The van der Waals surface area contributed by atoms with E-state index in [-0.39, 0.29) is 15.6 Å². The first-order chi connectivity index (χ1) is 12.6. The highest BCUT2D eigenvalue weighted by molar-refractivity contribution is 7.91. The van der Waals surface area contributed by atoms with E-state index in [2.05, 4.69) is 4.72 Å². The van der Waals surface area contributed by atoms with Gasteiger partial charge in [-0.2, -0.15) is 4.31 Å². The Labute approximate surface area is 165 Å². The Hall–Kier alpha value is -1.26. The fourth-order valence-electron chi connectivity index (χ4n) is 3.48. The third kappa shape index (κ3) is 4.27. The second kappa shape index (κ2) is 7.63. The quantitative estimate of drug-likeness (QED) is 0.767. The Morgan fingerprint density at radius 2 is 1.59 bits per heavy atom. The summed E-state index contributed by atoms with van der Waals surface area (Å²) in [6.45, 7) is 6.65. The zero-order valence-corrected chi connectivity index (χ0v) is 18.1. The van der Waals surface area contributed by atoms with Crippen LogP contribution in [0.2, 0.25) is 0 Å². The van der Waals surface area contributed by atoms with Crippen LogP contribution in [0.5, 0.6) is 0 Å². The van der Waals surface area contributed by atoms with Crippen molar-refractivity contribution in [3.05, 3.63) is 45.8 Å². The van der Waals surface area contributed by atoms with Gasteiger partial charge in [-0.1, -0.05) is 17.7 Å². The van der Waals surface area contributed by atoms with Crippen molar-refractivity contribution in [3.8, 4) is 0 Å². The van der Waals surface area contributed by atoms with Crippen molar-refractivity contribution in [1.29, 1.82) is 0 Å². The van der Waals surface area contributed by atoms with Crippen LogP contribution in [0.15, 0.2) is 33.4 Å². The molecule has 6 nitrogen and oxygen atoms in total. The molecule has 0 spiro atoms. The summed E-state index contributed by atoms with van der Waals surface area (Å²) in [5.41, 5.74) is 2.41. The molecule has 1 saturated heterocycles. The summed E-state index contributed by atoms with van der Waals surface area (Å²) in [7, 11) is -7.15. The molecule has 1 N–H and O–H groups in total. The molecular formula is C18H24N2O4S3. The molecule has 0 saturated carbocycles. The van der Waals surface area contributed by atoms with Gasteiger partial charge in [0.2, 0.25) is 10.0 Å². The maximum Gasteiger partial charge on any atom is 0.252 e. The molecule has 1 aliphatic heterocycles. The molecule has 2 aromatic rings. The Morgan fingerprint density at radius 1 is 1.00 bits per heavy atom. The lowest BCUT2D eigenvalue weighted by molar-refractivity contribution is 0.479. The number of rotatable bonds is 6. The minimum absolute atomic E-state index is 0.0648. The number of hydrogen-bond acceptors (Lipinski definition) is 5. The van der Waals surface area contributed by atoms with E-state index >= 15 is 0 Å². The molecule has 2 heterocycles. The first-order valence-corrected chi connectivity index (χ1v) is 12.5. The van der Waals surface area contributed by atoms with E-state index in [9.17, 15) is 16.8 Å². The topological polar surface area (TPSA) is 83.5 Å². The smallest absolute Gasteiger partial charge is 0.207 e. The molecule has 1 fully saturated rings. The van der Waals surface area contributed by atoms with Crippen LogP contribution in [0, 0.1) is 20.8 Å². The summed E-state index contributed by atoms with van der Waals surface area (Å²) in [6.07, 6.45) is 1.76. The van der Waals surface area contributed by atoms with Crippen LogP contribution >= 0.6 is 11.3 Å². The van der Waals surface area contributed by atoms with E-state index in [4.69, 9.17) is 0 Å². The van der Waals surface area contributed by atoms with Gasteiger partial charge in [-0.3, -0.25) is 0 Å². The monoisotopic (exact) mass is 428 g/mol. The fraction of sp³-hybridized carbons (Fsp3) is 0.444. The number of aryl methyl sites for hydroxylation is 3. The van der Waals surface area contributed by atoms with Gasteiger partial charge >= 0.3 is 0 Å². The van der Waals surface area contributed by atoms with Gasteiger partial charge < -0.3 is 0 Å². The van der Waals surface area contributed by atoms with Crippen LogP contribution < -0.4 is 4.72 Å². The largest absolute Gasteiger partial charge is 0.252 e. The molecule has 3 rings (SSSR count). The SMILES string of the molecule is Cc1cc(C)c(S(=O)(=O)NCc2ccc(S(=O)(=O)N3CCCC3)s2)c(C)c1. The average Bonchev–Trinajstić information content (AvgIpc) is 3.24. The van der Waals surface area contributed by atoms with Gasteiger partial charge in [0, 0.05) is 24.5 Å². The fourth-order valence-corrected chi connectivity index (χ4v) is 7.99. The predicted octanol–water partition coefficient (Wildman–Crippen LogP) is 2.94. The van der Waals surface area contributed by atoms with Crippen molar-refractivity contribution in [3.63, 3.8) is 0 Å². The second-order valence-electron chi connectivity index (χ2n) is 6.88. The van der Waals surface area contributed by atoms with Gasteiger partial charge in [-0.05, 0) is 56.9 Å². The van der Waals surface area contributed by atoms with E-state index < -0.39 is 20.0 Å². The molecule has 27 heavy (non-hydrogen) atoms. The first-order valence-electron chi connectivity index (χ1n) is 8.77. The number of thiophene rings is 1. The highest BCUT2D eigenvalue weighted by Crippen LogP contribution is 2.28. The molecule has 0 aliphatic carbocycles. The minimum atomic E-state index is -3.68. The Bertz CT molecular complexity index is 1030. The van der Waals surface area contributed by atoms with Crippen LogP contribution in [-0.4, -0.2) is 34.2 Å². The number of nitrogens with zero attached hydrogens (tertiary/aromatic N) is 1. The van der Waals surface area contributed by atoms with Crippen molar-refractivity contribution >= 4 is 31.4 Å². The van der Waals surface area contributed by atoms with E-state index in [0.29, 0.717) is 29.1 Å². The van der Waals surface area contributed by atoms with Crippen LogP contribution in [0.25, 0.3) is 0 Å². The first kappa shape index (κ1) is 20.5. The van der Waals surface area contributed by atoms with Crippen molar-refractivity contribution in [1.82, 2.24) is 9.03 Å². The van der Waals surface area contributed by atoms with Crippen LogP contribution in [-0.2, 0) is 26.6 Å². The van der Waals surface area contributed by atoms with Crippen LogP contribution in [0.4, 0.5) is 0 Å². The third-order valence-corrected chi connectivity index (χ3v) is 9.76. The molecule has 9 heteroatoms. The van der Waals surface area contributed by atoms with Crippen molar-refractivity contribution < 1.29 is 16.8 Å². The Morgan fingerprint density at radius 3 is 2.19 bits per heavy atom. The maximum atomic E-state index is 12.7. The van der Waals surface area contributed by atoms with E-state index in [1.165, 1.54) is 4.31 Å². The zero-order chi connectivity index (χ0) is 19.8. The lowest BCUT2D eigenvalue weighted by atomic mass is 10.1. The number of hydrogen-bond donors (Lipinski definition) is 1. The van der Waals surface area contributed by atoms with Gasteiger partial charge in [0.15, 0.2) is 0 Å². The van der Waals surface area contributed by atoms with Gasteiger partial charge in [-0.25, -0.2) is 21.6 Å². The number of benzene rings is 1. The highest BCUT2D eigenvalue weighted by atomic mass is 32.2. The molecule has 0 amide bonds. The van der Waals surface area contributed by atoms with Crippen LogP contribution in [0.3, 0.4) is 0 Å². The Balaban J connectivity index is 1.77. The lowest BCUT2D eigenvalue weighted by Gasteiger charge is -2.13. The number of sulfonamides is 2. The molecule has 0 bridgehead atoms. The number of nitrogens with one attached hydrogen (secondary N) is 1. The normalized spacial score (nSPS) is 16.1. The highest BCUT2D eigenvalue weighted by Gasteiger charge is 2.28. The zero-order valence-electron chi connectivity index (χ0n) is 15.6. The van der Waals surface area contributed by atoms with E-state index in [1.54, 1.807) is 26.0 Å². The minimum Gasteiger partial charge on any atom is -0.207 e. The van der Waals surface area contributed by atoms with Gasteiger partial charge in [-0.15, -0.1) is 11.3 Å². The van der Waals surface area contributed by atoms with Gasteiger partial charge in [0.1, 0.15) is 4.21 Å². The summed E-state index contributed by atoms with van der Waals surface area (Å²) < 4.78 is 55.0. The van der Waals surface area contributed by atoms with E-state index in [0.717, 1.165) is 29.7 Å².